The van der Waals surface area contributed by atoms with E-state index < -0.39 is 0 Å². The summed E-state index contributed by atoms with van der Waals surface area (Å²) >= 11 is 4.69. The number of ether oxygens (including phenoxy) is 4. The van der Waals surface area contributed by atoms with Crippen LogP contribution in [-0.4, -0.2) is 44.4 Å². The predicted octanol–water partition coefficient (Wildman–Crippen LogP) is 5.97. The van der Waals surface area contributed by atoms with Crippen molar-refractivity contribution in [2.45, 2.75) is 0 Å². The molecule has 1 N–H and O–H groups in total. The van der Waals surface area contributed by atoms with Gasteiger partial charge in [0.15, 0.2) is 23.0 Å². The van der Waals surface area contributed by atoms with Crippen LogP contribution in [0.5, 0.6) is 28.7 Å². The van der Waals surface area contributed by atoms with Crippen LogP contribution in [0.1, 0.15) is 5.56 Å². The number of phenolic OH excluding ortho intramolecular Hbond substituents is 1. The number of aromatic nitrogens is 1. The number of hydrogen-bond acceptors (Lipinski definition) is 8. The lowest BCUT2D eigenvalue weighted by molar-refractivity contribution is 0.324. The highest BCUT2D eigenvalue weighted by Crippen LogP contribution is 2.41. The Morgan fingerprint density at radius 2 is 1.57 bits per heavy atom. The van der Waals surface area contributed by atoms with E-state index in [4.69, 9.17) is 18.9 Å². The number of hydrogen-bond donors (Lipinski definition) is 1. The van der Waals surface area contributed by atoms with Gasteiger partial charge in [-0.05, 0) is 70.0 Å². The van der Waals surface area contributed by atoms with Crippen molar-refractivity contribution in [3.8, 4) is 40.0 Å². The van der Waals surface area contributed by atoms with Gasteiger partial charge in [0.2, 0.25) is 10.6 Å². The summed E-state index contributed by atoms with van der Waals surface area (Å²) in [6.07, 6.45) is 1.62. The number of nitrogens with zero attached hydrogens (tertiary/aromatic N) is 3. The standard InChI is InChI=1S/C26H23BrFN3O5S/c1-33-21-10-15(9-19(27)24(21)32)13-29-31-20(14-37-26(31)30-18-7-5-17(28)6-8-18)16-11-22(34-2)25(36-4)23(12-16)35-3/h5-14,32H,1-4H3. The molecule has 4 rings (SSSR count). The predicted molar refractivity (Wildman–Crippen MR) is 144 cm³/mol. The molecule has 0 saturated heterocycles. The summed E-state index contributed by atoms with van der Waals surface area (Å²) in [6, 6.07) is 12.9. The van der Waals surface area contributed by atoms with Crippen molar-refractivity contribution in [3.05, 3.63) is 74.6 Å². The Bertz CT molecular complexity index is 1490. The molecule has 0 atom stereocenters. The van der Waals surface area contributed by atoms with Gasteiger partial charge >= 0.3 is 0 Å². The Kier molecular flexibility index (Phi) is 8.14. The maximum absolute atomic E-state index is 13.4. The fourth-order valence-electron chi connectivity index (χ4n) is 3.49. The molecule has 11 heteroatoms. The molecule has 0 aliphatic heterocycles. The molecule has 0 unspecified atom stereocenters. The quantitative estimate of drug-likeness (QED) is 0.256. The van der Waals surface area contributed by atoms with Crippen LogP contribution in [0.3, 0.4) is 0 Å². The molecule has 0 bridgehead atoms. The van der Waals surface area contributed by atoms with Gasteiger partial charge in [0.25, 0.3) is 0 Å². The third-order valence-electron chi connectivity index (χ3n) is 5.29. The van der Waals surface area contributed by atoms with Crippen molar-refractivity contribution in [3.63, 3.8) is 0 Å². The molecule has 0 amide bonds. The first-order chi connectivity index (χ1) is 17.9. The second kappa shape index (κ2) is 11.5. The van der Waals surface area contributed by atoms with E-state index in [2.05, 4.69) is 26.0 Å². The summed E-state index contributed by atoms with van der Waals surface area (Å²) in [5, 5.41) is 16.7. The fraction of sp³-hybridized carbons (Fsp3) is 0.154. The summed E-state index contributed by atoms with van der Waals surface area (Å²) in [6.45, 7) is 0. The van der Waals surface area contributed by atoms with Gasteiger partial charge in [0.1, 0.15) is 5.82 Å². The summed E-state index contributed by atoms with van der Waals surface area (Å²) in [5.41, 5.74) is 2.68. The Labute approximate surface area is 225 Å². The van der Waals surface area contributed by atoms with Crippen LogP contribution >= 0.6 is 27.3 Å². The van der Waals surface area contributed by atoms with Crippen molar-refractivity contribution in [2.75, 3.05) is 28.4 Å². The lowest BCUT2D eigenvalue weighted by atomic mass is 10.1. The molecule has 4 aromatic rings. The van der Waals surface area contributed by atoms with Crippen molar-refractivity contribution in [1.82, 2.24) is 4.68 Å². The topological polar surface area (TPSA) is 86.8 Å². The molecule has 1 heterocycles. The van der Waals surface area contributed by atoms with Gasteiger partial charge in [-0.25, -0.2) is 14.1 Å². The van der Waals surface area contributed by atoms with E-state index >= 15 is 0 Å². The number of halogens is 2. The molecule has 0 spiro atoms. The number of methoxy groups -OCH3 is 4. The summed E-state index contributed by atoms with van der Waals surface area (Å²) in [4.78, 5) is 5.20. The van der Waals surface area contributed by atoms with Crippen LogP contribution < -0.4 is 23.7 Å². The minimum atomic E-state index is -0.346. The molecule has 0 fully saturated rings. The number of thiazole rings is 1. The number of rotatable bonds is 8. The third kappa shape index (κ3) is 5.62. The van der Waals surface area contributed by atoms with Crippen LogP contribution in [0.25, 0.3) is 11.3 Å². The minimum absolute atomic E-state index is 0.00653. The summed E-state index contributed by atoms with van der Waals surface area (Å²) in [5.74, 6) is 1.39. The second-order valence-electron chi connectivity index (χ2n) is 7.52. The van der Waals surface area contributed by atoms with Gasteiger partial charge in [-0.1, -0.05) is 0 Å². The smallest absolute Gasteiger partial charge is 0.211 e. The molecule has 0 radical (unpaired) electrons. The van der Waals surface area contributed by atoms with Crippen molar-refractivity contribution < 1.29 is 28.4 Å². The maximum Gasteiger partial charge on any atom is 0.211 e. The molecule has 0 saturated carbocycles. The van der Waals surface area contributed by atoms with Crippen LogP contribution in [0.15, 0.2) is 68.5 Å². The zero-order valence-electron chi connectivity index (χ0n) is 20.4. The van der Waals surface area contributed by atoms with E-state index in [1.165, 1.54) is 30.6 Å². The van der Waals surface area contributed by atoms with Crippen LogP contribution in [0, 0.1) is 5.82 Å². The fourth-order valence-corrected chi connectivity index (χ4v) is 4.81. The zero-order valence-corrected chi connectivity index (χ0v) is 22.8. The van der Waals surface area contributed by atoms with Crippen molar-refractivity contribution >= 4 is 39.2 Å². The van der Waals surface area contributed by atoms with Gasteiger partial charge in [0, 0.05) is 10.9 Å². The Morgan fingerprint density at radius 3 is 2.16 bits per heavy atom. The van der Waals surface area contributed by atoms with Crippen molar-refractivity contribution in [2.24, 2.45) is 10.1 Å². The van der Waals surface area contributed by atoms with E-state index in [0.717, 1.165) is 5.56 Å². The summed E-state index contributed by atoms with van der Waals surface area (Å²) < 4.78 is 37.3. The normalized spacial score (nSPS) is 11.7. The first-order valence-corrected chi connectivity index (χ1v) is 12.5. The van der Waals surface area contributed by atoms with E-state index in [1.54, 1.807) is 56.5 Å². The van der Waals surface area contributed by atoms with Gasteiger partial charge in [-0.2, -0.15) is 5.10 Å². The van der Waals surface area contributed by atoms with Gasteiger partial charge in [-0.3, -0.25) is 0 Å². The molecule has 192 valence electrons. The Morgan fingerprint density at radius 1 is 0.919 bits per heavy atom. The number of aromatic hydroxyl groups is 1. The molecule has 0 aliphatic rings. The summed E-state index contributed by atoms with van der Waals surface area (Å²) in [7, 11) is 6.11. The van der Waals surface area contributed by atoms with E-state index in [-0.39, 0.29) is 11.6 Å². The highest BCUT2D eigenvalue weighted by molar-refractivity contribution is 9.10. The van der Waals surface area contributed by atoms with Gasteiger partial charge in [0.05, 0.1) is 50.5 Å². The van der Waals surface area contributed by atoms with Gasteiger partial charge in [-0.15, -0.1) is 11.3 Å². The van der Waals surface area contributed by atoms with Crippen LogP contribution in [0.2, 0.25) is 0 Å². The first-order valence-electron chi connectivity index (χ1n) is 10.8. The monoisotopic (exact) mass is 587 g/mol. The molecule has 0 aliphatic carbocycles. The minimum Gasteiger partial charge on any atom is -0.503 e. The van der Waals surface area contributed by atoms with Gasteiger partial charge < -0.3 is 24.1 Å². The molecule has 8 nitrogen and oxygen atoms in total. The van der Waals surface area contributed by atoms with Crippen LogP contribution in [-0.2, 0) is 0 Å². The average Bonchev–Trinajstić information content (AvgIpc) is 3.31. The Balaban J connectivity index is 1.91. The highest BCUT2D eigenvalue weighted by atomic mass is 79.9. The largest absolute Gasteiger partial charge is 0.503 e. The number of benzene rings is 3. The van der Waals surface area contributed by atoms with E-state index in [0.29, 0.717) is 49.2 Å². The molecule has 1 aromatic heterocycles. The third-order valence-corrected chi connectivity index (χ3v) is 6.71. The molecular weight excluding hydrogens is 565 g/mol. The maximum atomic E-state index is 13.4. The zero-order chi connectivity index (χ0) is 26.5. The Hall–Kier alpha value is -3.83. The molecule has 3 aromatic carbocycles. The van der Waals surface area contributed by atoms with E-state index in [1.807, 2.05) is 17.5 Å². The first kappa shape index (κ1) is 26.2. The molecule has 37 heavy (non-hydrogen) atoms. The van der Waals surface area contributed by atoms with E-state index in [9.17, 15) is 9.50 Å². The van der Waals surface area contributed by atoms with Crippen molar-refractivity contribution in [1.29, 1.82) is 0 Å². The second-order valence-corrected chi connectivity index (χ2v) is 9.21. The highest BCUT2D eigenvalue weighted by Gasteiger charge is 2.17. The number of phenols is 1. The lowest BCUT2D eigenvalue weighted by Gasteiger charge is -2.14. The average molecular weight is 588 g/mol. The molecular formula is C26H23BrFN3O5S. The lowest BCUT2D eigenvalue weighted by Crippen LogP contribution is -2.11. The SMILES string of the molecule is COc1cc(C=Nn2c(-c3cc(OC)c(OC)c(OC)c3)csc2=Nc2ccc(F)cc2)cc(Br)c1O. The van der Waals surface area contributed by atoms with Crippen LogP contribution in [0.4, 0.5) is 10.1 Å².